The van der Waals surface area contributed by atoms with E-state index in [1.165, 1.54) is 59.5 Å². The number of carbonyl (C=O) groups excluding carboxylic acids is 4. The maximum Gasteiger partial charge on any atom is 0.260 e. The SMILES string of the molecule is CCCCCCCCn1c2ccc(C=Cc3ccc4c(c3)N(CC(CC)CCCC)C(=O)C4=C3C(=O)N(CC(CC)CCC(C)C(C(CC)CCCC)N4C(=O)C(=C5C(=O)N(CC(CC)CCCC)c6cc(Br)ccc65)c5ccc(Br)cc54)c4cc(C(C)(C)C)ccc43)cc2c2cc(C=CC(C)(C)C)ccc21. The monoisotopic (exact) mass is 1570 g/mol. The van der Waals surface area contributed by atoms with Crippen molar-refractivity contribution < 1.29 is 19.2 Å². The molecule has 4 aliphatic heterocycles. The number of rotatable bonds is 35. The molecule has 107 heavy (non-hydrogen) atoms. The van der Waals surface area contributed by atoms with Crippen LogP contribution in [0.1, 0.15) is 283 Å². The van der Waals surface area contributed by atoms with E-state index in [1.54, 1.807) is 0 Å². The molecule has 0 saturated heterocycles. The zero-order chi connectivity index (χ0) is 76.6. The molecule has 11 heteroatoms. The van der Waals surface area contributed by atoms with Crippen molar-refractivity contribution >= 4 is 141 Å². The first-order valence-electron chi connectivity index (χ1n) is 41.5. The molecule has 570 valence electrons. The fraction of sp³-hybridized carbons (Fsp3) is 0.500. The third kappa shape index (κ3) is 17.7. The number of halogens is 2. The van der Waals surface area contributed by atoms with E-state index in [4.69, 9.17) is 0 Å². The molecule has 5 heterocycles. The number of amides is 4. The fourth-order valence-corrected chi connectivity index (χ4v) is 18.2. The lowest BCUT2D eigenvalue weighted by molar-refractivity contribution is -0.115. The summed E-state index contributed by atoms with van der Waals surface area (Å²) in [4.78, 5) is 71.7. The topological polar surface area (TPSA) is 86.2 Å². The summed E-state index contributed by atoms with van der Waals surface area (Å²) in [6.45, 7) is 36.4. The summed E-state index contributed by atoms with van der Waals surface area (Å²) in [7, 11) is 0. The van der Waals surface area contributed by atoms with Crippen molar-refractivity contribution in [2.75, 3.05) is 39.2 Å². The Hall–Kier alpha value is -7.08. The highest BCUT2D eigenvalue weighted by Crippen LogP contribution is 2.53. The molecule has 0 bridgehead atoms. The van der Waals surface area contributed by atoms with Gasteiger partial charge in [-0.05, 0) is 162 Å². The zero-order valence-corrected chi connectivity index (χ0v) is 70.6. The smallest absolute Gasteiger partial charge is 0.260 e. The molecule has 0 fully saturated rings. The molecule has 9 nitrogen and oxygen atoms in total. The minimum atomic E-state index is -0.203. The quantitative estimate of drug-likeness (QED) is 0.0225. The number of hydrogen-bond acceptors (Lipinski definition) is 4. The van der Waals surface area contributed by atoms with Gasteiger partial charge in [0.1, 0.15) is 0 Å². The summed E-state index contributed by atoms with van der Waals surface area (Å²) in [5, 5.41) is 2.53. The van der Waals surface area contributed by atoms with Gasteiger partial charge in [0.2, 0.25) is 0 Å². The number of carbonyl (C=O) groups is 4. The van der Waals surface area contributed by atoms with E-state index in [-0.39, 0.29) is 58.3 Å². The third-order valence-electron chi connectivity index (χ3n) is 24.0. The highest BCUT2D eigenvalue weighted by Gasteiger charge is 2.48. The van der Waals surface area contributed by atoms with Gasteiger partial charge in [0.05, 0.1) is 45.0 Å². The van der Waals surface area contributed by atoms with Crippen LogP contribution in [0.4, 0.5) is 22.7 Å². The number of anilines is 4. The zero-order valence-electron chi connectivity index (χ0n) is 67.5. The molecular formula is C96H123Br2N5O4. The second-order valence-electron chi connectivity index (χ2n) is 34.0. The number of unbranched alkanes of at least 4 members (excludes halogenated alkanes) is 8. The second-order valence-corrected chi connectivity index (χ2v) is 35.8. The van der Waals surface area contributed by atoms with E-state index < -0.39 is 0 Å². The van der Waals surface area contributed by atoms with Crippen molar-refractivity contribution in [1.82, 2.24) is 4.57 Å². The largest absolute Gasteiger partial charge is 0.340 e. The molecule has 0 radical (unpaired) electrons. The van der Waals surface area contributed by atoms with E-state index >= 15 is 19.2 Å². The normalized spacial score (nSPS) is 17.8. The Balaban J connectivity index is 0.926. The Morgan fingerprint density at radius 3 is 1.33 bits per heavy atom. The summed E-state index contributed by atoms with van der Waals surface area (Å²) in [5.74, 6) is 0.541. The Kier molecular flexibility index (Phi) is 27.0. The van der Waals surface area contributed by atoms with E-state index in [0.717, 1.165) is 180 Å². The minimum Gasteiger partial charge on any atom is -0.340 e. The Bertz CT molecular complexity index is 4510. The van der Waals surface area contributed by atoms with Gasteiger partial charge in [-0.3, -0.25) is 19.2 Å². The lowest BCUT2D eigenvalue weighted by Gasteiger charge is -2.39. The molecule has 6 aromatic carbocycles. The summed E-state index contributed by atoms with van der Waals surface area (Å²) < 4.78 is 4.33. The fourth-order valence-electron chi connectivity index (χ4n) is 17.5. The van der Waals surface area contributed by atoms with Gasteiger partial charge in [-0.15, -0.1) is 0 Å². The molecule has 0 spiro atoms. The van der Waals surface area contributed by atoms with Crippen LogP contribution in [-0.2, 0) is 31.1 Å². The van der Waals surface area contributed by atoms with Gasteiger partial charge >= 0.3 is 0 Å². The first-order chi connectivity index (χ1) is 51.4. The van der Waals surface area contributed by atoms with Gasteiger partial charge < -0.3 is 24.2 Å². The van der Waals surface area contributed by atoms with E-state index in [2.05, 4.69) is 254 Å². The van der Waals surface area contributed by atoms with Crippen molar-refractivity contribution in [3.05, 3.63) is 169 Å². The Morgan fingerprint density at radius 2 is 0.822 bits per heavy atom. The molecule has 4 amide bonds. The molecule has 0 N–H and O–H groups in total. The first-order valence-corrected chi connectivity index (χ1v) is 43.1. The van der Waals surface area contributed by atoms with Gasteiger partial charge in [0, 0.05) is 85.2 Å². The van der Waals surface area contributed by atoms with Crippen LogP contribution in [0.3, 0.4) is 0 Å². The van der Waals surface area contributed by atoms with Crippen LogP contribution >= 0.6 is 31.9 Å². The summed E-state index contributed by atoms with van der Waals surface area (Å²) in [5.41, 5.74) is 15.6. The van der Waals surface area contributed by atoms with Crippen LogP contribution in [0.2, 0.25) is 0 Å². The first kappa shape index (κ1) is 80.9. The van der Waals surface area contributed by atoms with Crippen LogP contribution in [0, 0.1) is 35.0 Å². The van der Waals surface area contributed by atoms with Gasteiger partial charge in [-0.2, -0.15) is 0 Å². The minimum absolute atomic E-state index is 0.0503. The third-order valence-corrected chi connectivity index (χ3v) is 25.0. The van der Waals surface area contributed by atoms with Crippen molar-refractivity contribution in [3.8, 4) is 0 Å². The lowest BCUT2D eigenvalue weighted by atomic mass is 9.79. The number of allylic oxidation sites excluding steroid dienone is 1. The number of fused-ring (bicyclic) bond motifs is 7. The standard InChI is InChI=1S/C96H123Br2N5O4/c1-16-24-28-29-30-31-53-99-80-49-40-67(54-78(80)79-55-69(41-50-81(79)99)51-52-95(10,11)12)37-38-68-39-45-74-82(56-68)100(60-64(20-5)32-25-17-2)91(104)86(74)87-75-46-42-71(96(13,14)15)57-83(75)101(92(87)105)62-66(22-7)36-35-63(9)90(70(23-8)34-27-19-4)103-85-59-73(98)44-48-77(85)89(94(103)107)88-76-47-43-72(97)58-84(76)102(93(88)106)61-65(21-6)33-26-18-3/h37-52,54-59,63-66,70,90H,16-36,53,60-62H2,1-15H3. The van der Waals surface area contributed by atoms with Gasteiger partial charge in [-0.25, -0.2) is 0 Å². The molecule has 6 unspecified atom stereocenters. The molecule has 4 aliphatic rings. The van der Waals surface area contributed by atoms with E-state index in [1.807, 2.05) is 39.0 Å². The predicted octanol–water partition coefficient (Wildman–Crippen LogP) is 26.6. The number of aromatic nitrogens is 1. The van der Waals surface area contributed by atoms with Crippen molar-refractivity contribution in [2.24, 2.45) is 35.0 Å². The predicted molar refractivity (Wildman–Crippen MR) is 464 cm³/mol. The average molecular weight is 1570 g/mol. The van der Waals surface area contributed by atoms with Crippen molar-refractivity contribution in [1.29, 1.82) is 0 Å². The van der Waals surface area contributed by atoms with Gasteiger partial charge in [0.15, 0.2) is 0 Å². The van der Waals surface area contributed by atoms with Crippen LogP contribution in [0.15, 0.2) is 124 Å². The lowest BCUT2D eigenvalue weighted by Crippen LogP contribution is -2.47. The molecule has 7 aromatic rings. The summed E-state index contributed by atoms with van der Waals surface area (Å²) in [6, 6.07) is 38.9. The van der Waals surface area contributed by atoms with Crippen LogP contribution in [-0.4, -0.2) is 53.9 Å². The van der Waals surface area contributed by atoms with Crippen molar-refractivity contribution in [2.45, 2.75) is 257 Å². The number of benzene rings is 6. The molecule has 0 saturated carbocycles. The molecule has 0 aliphatic carbocycles. The highest BCUT2D eigenvalue weighted by molar-refractivity contribution is 9.10. The van der Waals surface area contributed by atoms with Crippen LogP contribution < -0.4 is 19.6 Å². The second kappa shape index (κ2) is 35.7. The van der Waals surface area contributed by atoms with E-state index in [0.29, 0.717) is 53.8 Å². The summed E-state index contributed by atoms with van der Waals surface area (Å²) >= 11 is 7.60. The molecular weight excluding hydrogens is 1450 g/mol. The molecule has 11 rings (SSSR count). The number of aryl methyl sites for hydroxylation is 1. The maximum atomic E-state index is 16.2. The maximum absolute atomic E-state index is 16.2. The Morgan fingerprint density at radius 1 is 0.402 bits per heavy atom. The summed E-state index contributed by atoms with van der Waals surface area (Å²) in [6.07, 6.45) is 31.3. The molecule has 6 atom stereocenters. The average Bonchev–Trinajstić information content (AvgIpc) is 1.58. The van der Waals surface area contributed by atoms with Gasteiger partial charge in [-0.1, -0.05) is 305 Å². The van der Waals surface area contributed by atoms with Crippen molar-refractivity contribution in [3.63, 3.8) is 0 Å². The van der Waals surface area contributed by atoms with E-state index in [9.17, 15) is 0 Å². The number of nitrogens with zero attached hydrogens (tertiary/aromatic N) is 5. The van der Waals surface area contributed by atoms with Crippen LogP contribution in [0.25, 0.3) is 62.3 Å². The number of hydrogen-bond donors (Lipinski definition) is 0. The van der Waals surface area contributed by atoms with Crippen LogP contribution in [0.5, 0.6) is 0 Å². The van der Waals surface area contributed by atoms with Gasteiger partial charge in [0.25, 0.3) is 23.6 Å². The molecule has 1 aromatic heterocycles. The Labute approximate surface area is 659 Å². The highest BCUT2D eigenvalue weighted by atomic mass is 79.9.